The van der Waals surface area contributed by atoms with Crippen LogP contribution in [0.3, 0.4) is 0 Å². The largest absolute Gasteiger partial charge is 0.378 e. The Bertz CT molecular complexity index is 125. The third-order valence-corrected chi connectivity index (χ3v) is 2.16. The van der Waals surface area contributed by atoms with Crippen molar-refractivity contribution in [1.29, 1.82) is 0 Å². The smallest absolute Gasteiger partial charge is 0.256 e. The summed E-state index contributed by atoms with van der Waals surface area (Å²) < 4.78 is 29.8. The zero-order valence-corrected chi connectivity index (χ0v) is 7.46. The van der Waals surface area contributed by atoms with E-state index in [0.29, 0.717) is 13.2 Å². The SMILES string of the molecule is CC(C)N1CCOCC1C(F)F. The maximum absolute atomic E-state index is 12.4. The molecule has 0 saturated carbocycles. The van der Waals surface area contributed by atoms with E-state index < -0.39 is 12.5 Å². The van der Waals surface area contributed by atoms with Crippen molar-refractivity contribution in [3.63, 3.8) is 0 Å². The van der Waals surface area contributed by atoms with Crippen LogP contribution in [0.1, 0.15) is 13.8 Å². The Labute approximate surface area is 71.5 Å². The summed E-state index contributed by atoms with van der Waals surface area (Å²) in [5, 5.41) is 0. The van der Waals surface area contributed by atoms with Crippen molar-refractivity contribution in [2.45, 2.75) is 32.4 Å². The molecule has 1 aliphatic heterocycles. The molecule has 0 radical (unpaired) electrons. The van der Waals surface area contributed by atoms with Gasteiger partial charge < -0.3 is 4.74 Å². The summed E-state index contributed by atoms with van der Waals surface area (Å²) in [6.07, 6.45) is -2.30. The lowest BCUT2D eigenvalue weighted by atomic mass is 10.2. The van der Waals surface area contributed by atoms with E-state index in [-0.39, 0.29) is 12.6 Å². The average Bonchev–Trinajstić information content (AvgIpc) is 2.04. The van der Waals surface area contributed by atoms with Gasteiger partial charge in [-0.1, -0.05) is 0 Å². The van der Waals surface area contributed by atoms with Gasteiger partial charge in [-0.25, -0.2) is 8.78 Å². The number of rotatable bonds is 2. The fourth-order valence-corrected chi connectivity index (χ4v) is 1.49. The van der Waals surface area contributed by atoms with Crippen molar-refractivity contribution in [1.82, 2.24) is 4.90 Å². The lowest BCUT2D eigenvalue weighted by molar-refractivity contribution is -0.0822. The van der Waals surface area contributed by atoms with Crippen molar-refractivity contribution in [2.75, 3.05) is 19.8 Å². The molecule has 1 saturated heterocycles. The second-order valence-electron chi connectivity index (χ2n) is 3.31. The summed E-state index contributed by atoms with van der Waals surface area (Å²) in [5.74, 6) is 0. The van der Waals surface area contributed by atoms with E-state index in [1.54, 1.807) is 4.90 Å². The van der Waals surface area contributed by atoms with Crippen LogP contribution in [0.25, 0.3) is 0 Å². The molecule has 4 heteroatoms. The van der Waals surface area contributed by atoms with E-state index in [2.05, 4.69) is 0 Å². The number of hydrogen-bond acceptors (Lipinski definition) is 2. The van der Waals surface area contributed by atoms with Crippen LogP contribution in [0.4, 0.5) is 8.78 Å². The standard InChI is InChI=1S/C8H15F2NO/c1-6(2)11-3-4-12-5-7(11)8(9)10/h6-8H,3-5H2,1-2H3. The van der Waals surface area contributed by atoms with Gasteiger partial charge in [0.1, 0.15) is 0 Å². The molecular formula is C8H15F2NO. The first kappa shape index (κ1) is 9.86. The van der Waals surface area contributed by atoms with Gasteiger partial charge in [0.25, 0.3) is 6.43 Å². The lowest BCUT2D eigenvalue weighted by Gasteiger charge is -2.37. The summed E-state index contributed by atoms with van der Waals surface area (Å²) in [6, 6.07) is -0.536. The third kappa shape index (κ3) is 2.14. The van der Waals surface area contributed by atoms with Crippen LogP contribution in [-0.4, -0.2) is 43.2 Å². The Morgan fingerprint density at radius 1 is 1.42 bits per heavy atom. The van der Waals surface area contributed by atoms with Gasteiger partial charge in [-0.15, -0.1) is 0 Å². The highest BCUT2D eigenvalue weighted by atomic mass is 19.3. The van der Waals surface area contributed by atoms with Gasteiger partial charge in [-0.2, -0.15) is 0 Å². The Balaban J connectivity index is 2.54. The molecule has 0 aromatic carbocycles. The molecule has 1 rings (SSSR count). The molecule has 0 aromatic rings. The summed E-state index contributed by atoms with van der Waals surface area (Å²) >= 11 is 0. The Kier molecular flexibility index (Phi) is 3.40. The van der Waals surface area contributed by atoms with Crippen molar-refractivity contribution >= 4 is 0 Å². The highest BCUT2D eigenvalue weighted by molar-refractivity contribution is 4.79. The fourth-order valence-electron chi connectivity index (χ4n) is 1.49. The van der Waals surface area contributed by atoms with Gasteiger partial charge >= 0.3 is 0 Å². The monoisotopic (exact) mass is 179 g/mol. The van der Waals surface area contributed by atoms with Crippen LogP contribution >= 0.6 is 0 Å². The maximum atomic E-state index is 12.4. The zero-order chi connectivity index (χ0) is 9.14. The topological polar surface area (TPSA) is 12.5 Å². The van der Waals surface area contributed by atoms with E-state index >= 15 is 0 Å². The van der Waals surface area contributed by atoms with E-state index in [1.807, 2.05) is 13.8 Å². The summed E-state index contributed by atoms with van der Waals surface area (Å²) in [4.78, 5) is 1.80. The van der Waals surface area contributed by atoms with Gasteiger partial charge in [-0.3, -0.25) is 4.90 Å². The molecule has 1 heterocycles. The van der Waals surface area contributed by atoms with E-state index in [1.165, 1.54) is 0 Å². The summed E-state index contributed by atoms with van der Waals surface area (Å²) in [5.41, 5.74) is 0. The Morgan fingerprint density at radius 3 is 2.50 bits per heavy atom. The van der Waals surface area contributed by atoms with Crippen molar-refractivity contribution < 1.29 is 13.5 Å². The minimum Gasteiger partial charge on any atom is -0.378 e. The van der Waals surface area contributed by atoms with Crippen LogP contribution < -0.4 is 0 Å². The van der Waals surface area contributed by atoms with Gasteiger partial charge in [0, 0.05) is 12.6 Å². The first-order chi connectivity index (χ1) is 5.63. The molecule has 0 aliphatic carbocycles. The number of hydrogen-bond donors (Lipinski definition) is 0. The number of morpholine rings is 1. The predicted octanol–water partition coefficient (Wildman–Crippen LogP) is 1.36. The minimum absolute atomic E-state index is 0.163. The molecule has 1 aliphatic rings. The minimum atomic E-state index is -2.30. The Morgan fingerprint density at radius 2 is 2.08 bits per heavy atom. The van der Waals surface area contributed by atoms with Crippen LogP contribution in [-0.2, 0) is 4.74 Å². The van der Waals surface area contributed by atoms with Crippen LogP contribution in [0.2, 0.25) is 0 Å². The van der Waals surface area contributed by atoms with Crippen LogP contribution in [0.5, 0.6) is 0 Å². The summed E-state index contributed by atoms with van der Waals surface area (Å²) in [6.45, 7) is 5.21. The third-order valence-electron chi connectivity index (χ3n) is 2.16. The maximum Gasteiger partial charge on any atom is 0.256 e. The highest BCUT2D eigenvalue weighted by Gasteiger charge is 2.31. The number of halogens is 2. The second kappa shape index (κ2) is 4.14. The molecule has 1 atom stereocenters. The predicted molar refractivity (Wildman–Crippen MR) is 42.5 cm³/mol. The van der Waals surface area contributed by atoms with Gasteiger partial charge in [0.15, 0.2) is 0 Å². The summed E-state index contributed by atoms with van der Waals surface area (Å²) in [7, 11) is 0. The number of ether oxygens (including phenoxy) is 1. The Hall–Kier alpha value is -0.220. The first-order valence-electron chi connectivity index (χ1n) is 4.24. The molecule has 2 nitrogen and oxygen atoms in total. The van der Waals surface area contributed by atoms with Crippen LogP contribution in [0, 0.1) is 0 Å². The van der Waals surface area contributed by atoms with Gasteiger partial charge in [0.2, 0.25) is 0 Å². The normalized spacial score (nSPS) is 27.0. The molecule has 1 unspecified atom stereocenters. The molecule has 0 amide bonds. The molecule has 12 heavy (non-hydrogen) atoms. The van der Waals surface area contributed by atoms with Crippen molar-refractivity contribution in [3.05, 3.63) is 0 Å². The van der Waals surface area contributed by atoms with E-state index in [4.69, 9.17) is 4.74 Å². The van der Waals surface area contributed by atoms with Crippen LogP contribution in [0.15, 0.2) is 0 Å². The molecule has 0 bridgehead atoms. The molecule has 1 fully saturated rings. The van der Waals surface area contributed by atoms with Gasteiger partial charge in [-0.05, 0) is 13.8 Å². The number of alkyl halides is 2. The second-order valence-corrected chi connectivity index (χ2v) is 3.31. The van der Waals surface area contributed by atoms with E-state index in [9.17, 15) is 8.78 Å². The van der Waals surface area contributed by atoms with Crippen molar-refractivity contribution in [2.24, 2.45) is 0 Å². The fraction of sp³-hybridized carbons (Fsp3) is 1.00. The molecule has 0 aromatic heterocycles. The molecule has 0 spiro atoms. The molecule has 72 valence electrons. The van der Waals surface area contributed by atoms with E-state index in [0.717, 1.165) is 0 Å². The quantitative estimate of drug-likeness (QED) is 0.634. The molecular weight excluding hydrogens is 164 g/mol. The number of nitrogens with zero attached hydrogens (tertiary/aromatic N) is 1. The average molecular weight is 179 g/mol. The first-order valence-corrected chi connectivity index (χ1v) is 4.24. The van der Waals surface area contributed by atoms with Crippen molar-refractivity contribution in [3.8, 4) is 0 Å². The molecule has 0 N–H and O–H groups in total. The highest BCUT2D eigenvalue weighted by Crippen LogP contribution is 2.16. The zero-order valence-electron chi connectivity index (χ0n) is 7.46. The lowest BCUT2D eigenvalue weighted by Crippen LogP contribution is -2.52. The van der Waals surface area contributed by atoms with Gasteiger partial charge in [0.05, 0.1) is 19.3 Å².